The molecule has 4 heteroatoms. The van der Waals surface area contributed by atoms with Crippen LogP contribution in [0, 0.1) is 11.8 Å². The first-order valence-corrected chi connectivity index (χ1v) is 5.47. The number of hydrogen-bond acceptors (Lipinski definition) is 4. The van der Waals surface area contributed by atoms with E-state index < -0.39 is 0 Å². The molecule has 1 rings (SSSR count). The highest BCUT2D eigenvalue weighted by molar-refractivity contribution is 5.59. The van der Waals surface area contributed by atoms with Crippen LogP contribution in [0.15, 0.2) is 17.3 Å². The van der Waals surface area contributed by atoms with Crippen molar-refractivity contribution in [3.8, 4) is 5.75 Å². The van der Waals surface area contributed by atoms with Crippen LogP contribution in [0.2, 0.25) is 0 Å². The maximum absolute atomic E-state index is 10.2. The SMILES string of the molecule is CCc1cc(O)c(NCC(C)N=O)cc1C. The molecule has 0 bridgehead atoms. The van der Waals surface area contributed by atoms with Crippen LogP contribution in [0.4, 0.5) is 5.69 Å². The molecule has 0 amide bonds. The number of aromatic hydroxyl groups is 1. The molecule has 1 atom stereocenters. The number of anilines is 1. The third-order valence-corrected chi connectivity index (χ3v) is 2.60. The van der Waals surface area contributed by atoms with Gasteiger partial charge in [-0.25, -0.2) is 0 Å². The number of hydrogen-bond donors (Lipinski definition) is 2. The van der Waals surface area contributed by atoms with Crippen molar-refractivity contribution in [2.45, 2.75) is 33.2 Å². The average molecular weight is 222 g/mol. The van der Waals surface area contributed by atoms with Crippen LogP contribution in [0.3, 0.4) is 0 Å². The van der Waals surface area contributed by atoms with Gasteiger partial charge in [-0.1, -0.05) is 12.1 Å². The molecule has 0 radical (unpaired) electrons. The number of aryl methyl sites for hydroxylation is 2. The topological polar surface area (TPSA) is 61.7 Å². The first-order valence-electron chi connectivity index (χ1n) is 5.47. The molecule has 1 unspecified atom stereocenters. The van der Waals surface area contributed by atoms with Gasteiger partial charge in [0, 0.05) is 6.54 Å². The van der Waals surface area contributed by atoms with Gasteiger partial charge in [0.05, 0.1) is 5.69 Å². The fourth-order valence-electron chi connectivity index (χ4n) is 1.56. The molecule has 0 heterocycles. The lowest BCUT2D eigenvalue weighted by Gasteiger charge is -2.12. The molecule has 0 spiro atoms. The zero-order valence-electron chi connectivity index (χ0n) is 9.95. The second-order valence-electron chi connectivity index (χ2n) is 3.98. The summed E-state index contributed by atoms with van der Waals surface area (Å²) in [7, 11) is 0. The summed E-state index contributed by atoms with van der Waals surface area (Å²) >= 11 is 0. The fraction of sp³-hybridized carbons (Fsp3) is 0.500. The lowest BCUT2D eigenvalue weighted by Crippen LogP contribution is -2.13. The highest BCUT2D eigenvalue weighted by atomic mass is 16.3. The average Bonchev–Trinajstić information content (AvgIpc) is 2.29. The Morgan fingerprint density at radius 3 is 2.75 bits per heavy atom. The Kier molecular flexibility index (Phi) is 4.28. The molecular formula is C12H18N2O2. The summed E-state index contributed by atoms with van der Waals surface area (Å²) in [5.74, 6) is 0.223. The van der Waals surface area contributed by atoms with Crippen LogP contribution in [0.5, 0.6) is 5.75 Å². The number of nitrogens with one attached hydrogen (secondary N) is 1. The molecule has 0 aliphatic heterocycles. The fourth-order valence-corrected chi connectivity index (χ4v) is 1.56. The summed E-state index contributed by atoms with van der Waals surface area (Å²) in [6, 6.07) is 3.35. The van der Waals surface area contributed by atoms with Gasteiger partial charge in [0.2, 0.25) is 0 Å². The summed E-state index contributed by atoms with van der Waals surface area (Å²) in [5.41, 5.74) is 2.92. The summed E-state index contributed by atoms with van der Waals surface area (Å²) in [6.07, 6.45) is 0.895. The monoisotopic (exact) mass is 222 g/mol. The molecule has 0 aliphatic rings. The molecular weight excluding hydrogens is 204 g/mol. The molecule has 0 aromatic heterocycles. The molecule has 2 N–H and O–H groups in total. The molecule has 16 heavy (non-hydrogen) atoms. The zero-order valence-corrected chi connectivity index (χ0v) is 9.95. The standard InChI is InChI=1S/C12H18N2O2/c1-4-10-6-12(15)11(5-8(10)2)13-7-9(3)14-16/h5-6,9,13,15H,4,7H2,1-3H3. The van der Waals surface area contributed by atoms with Gasteiger partial charge in [-0.3, -0.25) is 0 Å². The first kappa shape index (κ1) is 12.5. The van der Waals surface area contributed by atoms with Crippen molar-refractivity contribution in [3.05, 3.63) is 28.2 Å². The highest BCUT2D eigenvalue weighted by Gasteiger charge is 2.07. The number of benzene rings is 1. The van der Waals surface area contributed by atoms with Crippen LogP contribution in [-0.2, 0) is 6.42 Å². The minimum Gasteiger partial charge on any atom is -0.506 e. The molecule has 0 saturated carbocycles. The van der Waals surface area contributed by atoms with Crippen molar-refractivity contribution in [2.75, 3.05) is 11.9 Å². The van der Waals surface area contributed by atoms with E-state index in [0.29, 0.717) is 12.2 Å². The third-order valence-electron chi connectivity index (χ3n) is 2.60. The smallest absolute Gasteiger partial charge is 0.138 e. The number of phenolic OH excluding ortho intramolecular Hbond substituents is 1. The number of nitroso groups, excluding NO2 is 1. The summed E-state index contributed by atoms with van der Waals surface area (Å²) in [4.78, 5) is 10.2. The summed E-state index contributed by atoms with van der Waals surface area (Å²) < 4.78 is 0. The van der Waals surface area contributed by atoms with Crippen molar-refractivity contribution < 1.29 is 5.11 Å². The Bertz CT molecular complexity index is 378. The molecule has 88 valence electrons. The zero-order chi connectivity index (χ0) is 12.1. The van der Waals surface area contributed by atoms with Gasteiger partial charge >= 0.3 is 0 Å². The second-order valence-corrected chi connectivity index (χ2v) is 3.98. The van der Waals surface area contributed by atoms with Crippen LogP contribution in [0.1, 0.15) is 25.0 Å². The van der Waals surface area contributed by atoms with Crippen molar-refractivity contribution in [2.24, 2.45) is 5.18 Å². The molecule has 1 aromatic carbocycles. The second kappa shape index (κ2) is 5.49. The van der Waals surface area contributed by atoms with Crippen molar-refractivity contribution in [1.29, 1.82) is 0 Å². The van der Waals surface area contributed by atoms with Gasteiger partial charge in [0.25, 0.3) is 0 Å². The largest absolute Gasteiger partial charge is 0.506 e. The van der Waals surface area contributed by atoms with Gasteiger partial charge in [-0.05, 0) is 43.5 Å². The minimum absolute atomic E-state index is 0.223. The quantitative estimate of drug-likeness (QED) is 0.595. The molecule has 4 nitrogen and oxygen atoms in total. The number of nitrogens with zero attached hydrogens (tertiary/aromatic N) is 1. The Morgan fingerprint density at radius 2 is 2.19 bits per heavy atom. The Labute approximate surface area is 95.7 Å². The van der Waals surface area contributed by atoms with Gasteiger partial charge in [-0.15, -0.1) is 0 Å². The van der Waals surface area contributed by atoms with E-state index in [9.17, 15) is 10.0 Å². The summed E-state index contributed by atoms with van der Waals surface area (Å²) in [6.45, 7) is 6.21. The summed E-state index contributed by atoms with van der Waals surface area (Å²) in [5, 5.41) is 15.7. The maximum Gasteiger partial charge on any atom is 0.138 e. The Balaban J connectivity index is 2.81. The molecule has 1 aromatic rings. The van der Waals surface area contributed by atoms with Crippen molar-refractivity contribution in [3.63, 3.8) is 0 Å². The third kappa shape index (κ3) is 2.95. The van der Waals surface area contributed by atoms with Crippen LogP contribution in [-0.4, -0.2) is 17.7 Å². The predicted molar refractivity (Wildman–Crippen MR) is 66.0 cm³/mol. The first-order chi connectivity index (χ1) is 7.58. The van der Waals surface area contributed by atoms with E-state index >= 15 is 0 Å². The minimum atomic E-state index is -0.300. The van der Waals surface area contributed by atoms with E-state index in [2.05, 4.69) is 10.5 Å². The maximum atomic E-state index is 10.2. The van der Waals surface area contributed by atoms with Crippen LogP contribution < -0.4 is 5.32 Å². The van der Waals surface area contributed by atoms with Crippen LogP contribution in [0.25, 0.3) is 0 Å². The van der Waals surface area contributed by atoms with Gasteiger partial charge in [-0.2, -0.15) is 4.91 Å². The van der Waals surface area contributed by atoms with E-state index in [1.165, 1.54) is 0 Å². The molecule has 0 aliphatic carbocycles. The Hall–Kier alpha value is -1.58. The number of phenols is 1. The van der Waals surface area contributed by atoms with E-state index in [0.717, 1.165) is 17.5 Å². The van der Waals surface area contributed by atoms with E-state index in [4.69, 9.17) is 0 Å². The highest BCUT2D eigenvalue weighted by Crippen LogP contribution is 2.27. The van der Waals surface area contributed by atoms with E-state index in [-0.39, 0.29) is 11.8 Å². The van der Waals surface area contributed by atoms with Crippen molar-refractivity contribution in [1.82, 2.24) is 0 Å². The van der Waals surface area contributed by atoms with Crippen LogP contribution >= 0.6 is 0 Å². The lowest BCUT2D eigenvalue weighted by molar-refractivity contribution is 0.476. The van der Waals surface area contributed by atoms with Gasteiger partial charge < -0.3 is 10.4 Å². The van der Waals surface area contributed by atoms with Crippen molar-refractivity contribution >= 4 is 5.69 Å². The molecule has 0 fully saturated rings. The number of rotatable bonds is 5. The van der Waals surface area contributed by atoms with Gasteiger partial charge in [0.15, 0.2) is 0 Å². The Morgan fingerprint density at radius 1 is 1.50 bits per heavy atom. The van der Waals surface area contributed by atoms with E-state index in [1.54, 1.807) is 13.0 Å². The van der Waals surface area contributed by atoms with E-state index in [1.807, 2.05) is 19.9 Å². The molecule has 0 saturated heterocycles. The lowest BCUT2D eigenvalue weighted by atomic mass is 10.0. The normalized spacial score (nSPS) is 12.2. The predicted octanol–water partition coefficient (Wildman–Crippen LogP) is 2.83. The van der Waals surface area contributed by atoms with Gasteiger partial charge in [0.1, 0.15) is 11.8 Å².